The van der Waals surface area contributed by atoms with E-state index in [9.17, 15) is 4.79 Å². The van der Waals surface area contributed by atoms with E-state index >= 15 is 0 Å². The Hall–Kier alpha value is -2.10. The Bertz CT molecular complexity index is 936. The van der Waals surface area contributed by atoms with Gasteiger partial charge in [-0.15, -0.1) is 24.0 Å². The van der Waals surface area contributed by atoms with Gasteiger partial charge in [0.05, 0.1) is 17.9 Å². The summed E-state index contributed by atoms with van der Waals surface area (Å²) in [5.41, 5.74) is 3.16. The molecule has 0 radical (unpaired) electrons. The maximum absolute atomic E-state index is 12.9. The number of amides is 1. The molecule has 1 unspecified atom stereocenters. The van der Waals surface area contributed by atoms with Gasteiger partial charge in [0.1, 0.15) is 0 Å². The van der Waals surface area contributed by atoms with E-state index in [1.807, 2.05) is 36.0 Å². The molecule has 1 aliphatic heterocycles. The fraction of sp³-hybridized carbons (Fsp3) is 0.560. The fourth-order valence-electron chi connectivity index (χ4n) is 4.78. The minimum Gasteiger partial charge on any atom is -0.357 e. The maximum atomic E-state index is 12.9. The molecule has 1 aromatic heterocycles. The minimum absolute atomic E-state index is 0. The third-order valence-electron chi connectivity index (χ3n) is 6.51. The smallest absolute Gasteiger partial charge is 0.225 e. The zero-order valence-electron chi connectivity index (χ0n) is 19.8. The van der Waals surface area contributed by atoms with Crippen molar-refractivity contribution < 1.29 is 4.79 Å². The second-order valence-corrected chi connectivity index (χ2v) is 8.97. The summed E-state index contributed by atoms with van der Waals surface area (Å²) < 4.78 is 1.91. The number of para-hydroxylation sites is 1. The van der Waals surface area contributed by atoms with Crippen molar-refractivity contribution in [2.75, 3.05) is 19.6 Å². The Morgan fingerprint density at radius 1 is 1.15 bits per heavy atom. The highest BCUT2D eigenvalue weighted by molar-refractivity contribution is 14.0. The summed E-state index contributed by atoms with van der Waals surface area (Å²) in [4.78, 5) is 19.8. The predicted molar refractivity (Wildman–Crippen MR) is 143 cm³/mol. The molecule has 1 amide bonds. The van der Waals surface area contributed by atoms with Crippen LogP contribution in [0.2, 0.25) is 0 Å². The summed E-state index contributed by atoms with van der Waals surface area (Å²) in [5, 5.41) is 11.5. The van der Waals surface area contributed by atoms with Gasteiger partial charge < -0.3 is 15.5 Å². The molecule has 33 heavy (non-hydrogen) atoms. The van der Waals surface area contributed by atoms with Crippen LogP contribution in [0.5, 0.6) is 0 Å². The normalized spacial score (nSPS) is 19.3. The molecule has 2 aliphatic rings. The average molecular weight is 565 g/mol. The van der Waals surface area contributed by atoms with Crippen LogP contribution in [0.4, 0.5) is 0 Å². The van der Waals surface area contributed by atoms with E-state index < -0.39 is 0 Å². The summed E-state index contributed by atoms with van der Waals surface area (Å²) in [5.74, 6) is 1.40. The van der Waals surface area contributed by atoms with Crippen molar-refractivity contribution in [1.82, 2.24) is 25.3 Å². The molecular weight excluding hydrogens is 527 g/mol. The monoisotopic (exact) mass is 564 g/mol. The Morgan fingerprint density at radius 2 is 1.94 bits per heavy atom. The predicted octanol–water partition coefficient (Wildman–Crippen LogP) is 4.04. The molecule has 1 atom stereocenters. The molecule has 1 saturated heterocycles. The largest absolute Gasteiger partial charge is 0.357 e. The van der Waals surface area contributed by atoms with Gasteiger partial charge in [-0.3, -0.25) is 4.79 Å². The van der Waals surface area contributed by atoms with Crippen molar-refractivity contribution >= 4 is 35.8 Å². The highest BCUT2D eigenvalue weighted by Crippen LogP contribution is 2.26. The van der Waals surface area contributed by atoms with Crippen LogP contribution in [0.1, 0.15) is 56.7 Å². The number of guanidine groups is 1. The van der Waals surface area contributed by atoms with Crippen LogP contribution >= 0.6 is 24.0 Å². The topological polar surface area (TPSA) is 74.6 Å². The number of halogens is 1. The average Bonchev–Trinajstić information content (AvgIpc) is 3.47. The third-order valence-corrected chi connectivity index (χ3v) is 6.51. The molecule has 1 saturated carbocycles. The van der Waals surface area contributed by atoms with E-state index in [0.717, 1.165) is 61.8 Å². The van der Waals surface area contributed by atoms with Crippen LogP contribution < -0.4 is 10.6 Å². The molecule has 1 aromatic carbocycles. The summed E-state index contributed by atoms with van der Waals surface area (Å²) in [6.45, 7) is 7.03. The lowest BCUT2D eigenvalue weighted by molar-refractivity contribution is -0.135. The van der Waals surface area contributed by atoms with Crippen LogP contribution in [0, 0.1) is 12.8 Å². The minimum atomic E-state index is 0. The first-order valence-corrected chi connectivity index (χ1v) is 12.1. The molecule has 2 fully saturated rings. The van der Waals surface area contributed by atoms with Gasteiger partial charge in [-0.2, -0.15) is 5.10 Å². The van der Waals surface area contributed by atoms with E-state index in [2.05, 4.69) is 39.7 Å². The number of benzene rings is 1. The molecular formula is C25H37IN6O. The number of carbonyl (C=O) groups excluding carboxylic acids is 1. The van der Waals surface area contributed by atoms with Gasteiger partial charge in [0.25, 0.3) is 0 Å². The number of nitrogens with one attached hydrogen (secondary N) is 2. The lowest BCUT2D eigenvalue weighted by atomic mass is 9.88. The first-order chi connectivity index (χ1) is 15.6. The number of hydrogen-bond donors (Lipinski definition) is 2. The van der Waals surface area contributed by atoms with Crippen LogP contribution in [-0.2, 0) is 11.3 Å². The molecule has 1 aliphatic carbocycles. The number of nitrogens with zero attached hydrogens (tertiary/aromatic N) is 4. The number of rotatable bonds is 6. The highest BCUT2D eigenvalue weighted by atomic mass is 127. The Balaban J connectivity index is 0.00000306. The summed E-state index contributed by atoms with van der Waals surface area (Å²) in [6.07, 6.45) is 8.74. The summed E-state index contributed by atoms with van der Waals surface area (Å²) >= 11 is 0. The fourth-order valence-corrected chi connectivity index (χ4v) is 4.78. The van der Waals surface area contributed by atoms with Crippen molar-refractivity contribution in [1.29, 1.82) is 0 Å². The second kappa shape index (κ2) is 12.4. The Kier molecular flexibility index (Phi) is 9.58. The van der Waals surface area contributed by atoms with Gasteiger partial charge in [-0.25, -0.2) is 9.67 Å². The standard InChI is InChI=1S/C25H36N6O.HI/c1-3-26-25(27-17-21-11-7-8-12-23(21)31-16-13-19(2)29-31)28-22-14-15-30(18-22)24(32)20-9-5-4-6-10-20;/h7-8,11-13,16,20,22H,3-6,9-10,14-15,17-18H2,1-2H3,(H2,26,27,28);1H. The summed E-state index contributed by atoms with van der Waals surface area (Å²) in [6, 6.07) is 10.5. The van der Waals surface area contributed by atoms with Crippen molar-refractivity contribution in [3.63, 3.8) is 0 Å². The molecule has 7 nitrogen and oxygen atoms in total. The van der Waals surface area contributed by atoms with Gasteiger partial charge in [0, 0.05) is 37.8 Å². The van der Waals surface area contributed by atoms with Crippen molar-refractivity contribution in [2.24, 2.45) is 10.9 Å². The zero-order valence-corrected chi connectivity index (χ0v) is 22.1. The lowest BCUT2D eigenvalue weighted by Gasteiger charge is -2.26. The van der Waals surface area contributed by atoms with E-state index in [4.69, 9.17) is 4.99 Å². The molecule has 2 heterocycles. The first kappa shape index (κ1) is 25.5. The molecule has 180 valence electrons. The number of carbonyl (C=O) groups is 1. The summed E-state index contributed by atoms with van der Waals surface area (Å²) in [7, 11) is 0. The van der Waals surface area contributed by atoms with Gasteiger partial charge in [0.2, 0.25) is 5.91 Å². The second-order valence-electron chi connectivity index (χ2n) is 8.97. The quantitative estimate of drug-likeness (QED) is 0.316. The number of aromatic nitrogens is 2. The van der Waals surface area contributed by atoms with Crippen LogP contribution in [0.15, 0.2) is 41.5 Å². The zero-order chi connectivity index (χ0) is 22.3. The van der Waals surface area contributed by atoms with Gasteiger partial charge in [0.15, 0.2) is 5.96 Å². The first-order valence-electron chi connectivity index (χ1n) is 12.1. The number of aryl methyl sites for hydroxylation is 1. The van der Waals surface area contributed by atoms with Crippen LogP contribution in [0.3, 0.4) is 0 Å². The van der Waals surface area contributed by atoms with Gasteiger partial charge >= 0.3 is 0 Å². The van der Waals surface area contributed by atoms with Crippen LogP contribution in [0.25, 0.3) is 5.69 Å². The molecule has 0 spiro atoms. The Morgan fingerprint density at radius 3 is 2.67 bits per heavy atom. The van der Waals surface area contributed by atoms with Crippen molar-refractivity contribution in [2.45, 2.75) is 65.0 Å². The van der Waals surface area contributed by atoms with E-state index in [1.54, 1.807) is 0 Å². The number of aliphatic imine (C=N–C) groups is 1. The molecule has 0 bridgehead atoms. The van der Waals surface area contributed by atoms with Crippen molar-refractivity contribution in [3.05, 3.63) is 47.8 Å². The molecule has 2 N–H and O–H groups in total. The Labute approximate surface area is 214 Å². The lowest BCUT2D eigenvalue weighted by Crippen LogP contribution is -2.45. The van der Waals surface area contributed by atoms with E-state index in [1.165, 1.54) is 19.3 Å². The van der Waals surface area contributed by atoms with Crippen LogP contribution in [-0.4, -0.2) is 52.2 Å². The number of hydrogen-bond acceptors (Lipinski definition) is 3. The molecule has 4 rings (SSSR count). The SMILES string of the molecule is CCNC(=NCc1ccccc1-n1ccc(C)n1)NC1CCN(C(=O)C2CCCCC2)C1.I. The van der Waals surface area contributed by atoms with Gasteiger partial charge in [-0.1, -0.05) is 37.5 Å². The van der Waals surface area contributed by atoms with E-state index in [0.29, 0.717) is 12.5 Å². The number of likely N-dealkylation sites (tertiary alicyclic amines) is 1. The molecule has 2 aromatic rings. The third kappa shape index (κ3) is 6.71. The maximum Gasteiger partial charge on any atom is 0.225 e. The van der Waals surface area contributed by atoms with Crippen molar-refractivity contribution in [3.8, 4) is 5.69 Å². The van der Waals surface area contributed by atoms with Gasteiger partial charge in [-0.05, 0) is 50.8 Å². The highest BCUT2D eigenvalue weighted by Gasteiger charge is 2.31. The van der Waals surface area contributed by atoms with E-state index in [-0.39, 0.29) is 35.9 Å². The molecule has 8 heteroatoms.